The summed E-state index contributed by atoms with van der Waals surface area (Å²) in [7, 11) is 0. The van der Waals surface area contributed by atoms with Gasteiger partial charge in [-0.3, -0.25) is 4.99 Å². The van der Waals surface area contributed by atoms with Gasteiger partial charge in [-0.05, 0) is 11.6 Å². The van der Waals surface area contributed by atoms with E-state index in [1.54, 1.807) is 6.20 Å². The zero-order valence-electron chi connectivity index (χ0n) is 8.83. The Hall–Kier alpha value is -1.05. The van der Waals surface area contributed by atoms with E-state index < -0.39 is 0 Å². The lowest BCUT2D eigenvalue weighted by Crippen LogP contribution is -2.32. The van der Waals surface area contributed by atoms with Crippen LogP contribution in [-0.4, -0.2) is 6.21 Å². The van der Waals surface area contributed by atoms with E-state index in [9.17, 15) is 0 Å². The van der Waals surface area contributed by atoms with Gasteiger partial charge in [0.05, 0.1) is 0 Å². The zero-order valence-corrected chi connectivity index (χ0v) is 8.83. The van der Waals surface area contributed by atoms with Crippen molar-refractivity contribution in [3.63, 3.8) is 0 Å². The molecule has 0 radical (unpaired) electrons. The van der Waals surface area contributed by atoms with Gasteiger partial charge in [0.1, 0.15) is 0 Å². The van der Waals surface area contributed by atoms with Crippen molar-refractivity contribution in [2.45, 2.75) is 27.7 Å². The molecule has 1 heterocycles. The van der Waals surface area contributed by atoms with Crippen molar-refractivity contribution in [1.82, 2.24) is 5.32 Å². The summed E-state index contributed by atoms with van der Waals surface area (Å²) in [6.07, 6.45) is 9.70. The van der Waals surface area contributed by atoms with Gasteiger partial charge in [0.2, 0.25) is 0 Å². The molecule has 0 aromatic heterocycles. The summed E-state index contributed by atoms with van der Waals surface area (Å²) in [6.45, 7) is 8.84. The molecule has 1 atom stereocenters. The fourth-order valence-electron chi connectivity index (χ4n) is 1.05. The van der Waals surface area contributed by atoms with Crippen molar-refractivity contribution in [3.05, 3.63) is 24.7 Å². The van der Waals surface area contributed by atoms with E-state index in [2.05, 4.69) is 44.1 Å². The second kappa shape index (κ2) is 3.36. The Morgan fingerprint density at radius 1 is 1.23 bits per heavy atom. The number of aliphatic imine (C=N–C) groups is 1. The average Bonchev–Trinajstić information content (AvgIpc) is 1.94. The predicted octanol–water partition coefficient (Wildman–Crippen LogP) is 2.70. The van der Waals surface area contributed by atoms with Crippen LogP contribution in [0.4, 0.5) is 0 Å². The van der Waals surface area contributed by atoms with Crippen molar-refractivity contribution in [3.8, 4) is 0 Å². The maximum absolute atomic E-state index is 4.23. The molecule has 0 spiro atoms. The molecule has 1 N–H and O–H groups in total. The van der Waals surface area contributed by atoms with Gasteiger partial charge < -0.3 is 5.32 Å². The standard InChI is InChI=1S/C11H18N2/c1-10(2,3)11(4)5-6-12-7-8-13-9-11/h5-9,12H,1-4H3/b6-5-,8-7-,13-9?. The van der Waals surface area contributed by atoms with E-state index in [4.69, 9.17) is 0 Å². The second-order valence-electron chi connectivity index (χ2n) is 4.63. The van der Waals surface area contributed by atoms with E-state index in [0.29, 0.717) is 0 Å². The summed E-state index contributed by atoms with van der Waals surface area (Å²) in [4.78, 5) is 4.23. The van der Waals surface area contributed by atoms with Crippen LogP contribution in [0, 0.1) is 10.8 Å². The fourth-order valence-corrected chi connectivity index (χ4v) is 1.05. The topological polar surface area (TPSA) is 24.4 Å². The number of nitrogens with zero attached hydrogens (tertiary/aromatic N) is 1. The van der Waals surface area contributed by atoms with Gasteiger partial charge in [0, 0.05) is 24.0 Å². The summed E-state index contributed by atoms with van der Waals surface area (Å²) in [5, 5.41) is 3.04. The van der Waals surface area contributed by atoms with E-state index in [0.717, 1.165) is 0 Å². The molecular weight excluding hydrogens is 160 g/mol. The molecule has 0 bridgehead atoms. The maximum Gasteiger partial charge on any atom is 0.0424 e. The highest BCUT2D eigenvalue weighted by Gasteiger charge is 2.33. The van der Waals surface area contributed by atoms with Gasteiger partial charge in [-0.15, -0.1) is 0 Å². The quantitative estimate of drug-likeness (QED) is 0.606. The summed E-state index contributed by atoms with van der Waals surface area (Å²) >= 11 is 0. The van der Waals surface area contributed by atoms with E-state index >= 15 is 0 Å². The Bertz CT molecular complexity index is 256. The lowest BCUT2D eigenvalue weighted by molar-refractivity contribution is 0.256. The molecule has 0 saturated carbocycles. The highest BCUT2D eigenvalue weighted by molar-refractivity contribution is 5.70. The number of allylic oxidation sites excluding steroid dienone is 1. The van der Waals surface area contributed by atoms with Gasteiger partial charge in [-0.1, -0.05) is 33.8 Å². The number of nitrogens with one attached hydrogen (secondary N) is 1. The Morgan fingerprint density at radius 3 is 2.54 bits per heavy atom. The van der Waals surface area contributed by atoms with Crippen LogP contribution < -0.4 is 5.32 Å². The van der Waals surface area contributed by atoms with Crippen LogP contribution in [0.1, 0.15) is 27.7 Å². The molecule has 0 fully saturated rings. The van der Waals surface area contributed by atoms with Crippen LogP contribution in [0.15, 0.2) is 29.7 Å². The van der Waals surface area contributed by atoms with Crippen LogP contribution >= 0.6 is 0 Å². The first-order chi connectivity index (χ1) is 5.96. The van der Waals surface area contributed by atoms with E-state index in [1.807, 2.05) is 18.6 Å². The third kappa shape index (κ3) is 2.20. The van der Waals surface area contributed by atoms with Crippen molar-refractivity contribution >= 4 is 6.21 Å². The van der Waals surface area contributed by atoms with E-state index in [1.165, 1.54) is 0 Å². The molecular formula is C11H18N2. The molecule has 0 aromatic rings. The minimum Gasteiger partial charge on any atom is -0.367 e. The minimum absolute atomic E-state index is 0.00472. The highest BCUT2D eigenvalue weighted by atomic mass is 14.8. The summed E-state index contributed by atoms with van der Waals surface area (Å²) < 4.78 is 0. The molecule has 1 aliphatic rings. The first kappa shape index (κ1) is 10.0. The molecule has 0 amide bonds. The molecule has 0 aliphatic carbocycles. The summed E-state index contributed by atoms with van der Waals surface area (Å²) in [5.74, 6) is 0. The van der Waals surface area contributed by atoms with Crippen molar-refractivity contribution in [1.29, 1.82) is 0 Å². The number of hydrogen-bond donors (Lipinski definition) is 1. The maximum atomic E-state index is 4.23. The smallest absolute Gasteiger partial charge is 0.0424 e. The number of rotatable bonds is 0. The van der Waals surface area contributed by atoms with E-state index in [-0.39, 0.29) is 10.8 Å². The zero-order chi connectivity index (χ0) is 9.95. The minimum atomic E-state index is 0.00472. The molecule has 2 nitrogen and oxygen atoms in total. The van der Waals surface area contributed by atoms with Gasteiger partial charge >= 0.3 is 0 Å². The summed E-state index contributed by atoms with van der Waals surface area (Å²) in [6, 6.07) is 0. The van der Waals surface area contributed by atoms with Gasteiger partial charge in [-0.25, -0.2) is 0 Å². The lowest BCUT2D eigenvalue weighted by Gasteiger charge is -2.36. The van der Waals surface area contributed by atoms with Crippen molar-refractivity contribution < 1.29 is 0 Å². The third-order valence-corrected chi connectivity index (χ3v) is 2.74. The monoisotopic (exact) mass is 178 g/mol. The number of hydrogen-bond acceptors (Lipinski definition) is 2. The Labute approximate surface area is 80.4 Å². The van der Waals surface area contributed by atoms with Crippen molar-refractivity contribution in [2.75, 3.05) is 0 Å². The Balaban J connectivity index is 3.00. The SMILES string of the molecule is CC(C)(C)C1(C)C=N/C=C\N/C=C\1. The normalized spacial score (nSPS) is 32.9. The van der Waals surface area contributed by atoms with Crippen LogP contribution in [0.2, 0.25) is 0 Å². The Kier molecular flexibility index (Phi) is 2.60. The van der Waals surface area contributed by atoms with Gasteiger partial charge in [0.25, 0.3) is 0 Å². The Morgan fingerprint density at radius 2 is 1.92 bits per heavy atom. The van der Waals surface area contributed by atoms with Crippen LogP contribution in [-0.2, 0) is 0 Å². The first-order valence-electron chi connectivity index (χ1n) is 4.59. The summed E-state index contributed by atoms with van der Waals surface area (Å²) in [5.41, 5.74) is 0.185. The third-order valence-electron chi connectivity index (χ3n) is 2.74. The van der Waals surface area contributed by atoms with Gasteiger partial charge in [-0.2, -0.15) is 0 Å². The first-order valence-corrected chi connectivity index (χ1v) is 4.59. The van der Waals surface area contributed by atoms with Gasteiger partial charge in [0.15, 0.2) is 0 Å². The molecule has 1 unspecified atom stereocenters. The fraction of sp³-hybridized carbons (Fsp3) is 0.545. The van der Waals surface area contributed by atoms with Crippen molar-refractivity contribution in [2.24, 2.45) is 15.8 Å². The van der Waals surface area contributed by atoms with Crippen LogP contribution in [0.3, 0.4) is 0 Å². The molecule has 1 aliphatic heterocycles. The molecule has 2 heteroatoms. The lowest BCUT2D eigenvalue weighted by atomic mass is 9.68. The molecule has 1 rings (SSSR count). The molecule has 0 aromatic carbocycles. The predicted molar refractivity (Wildman–Crippen MR) is 57.5 cm³/mol. The highest BCUT2D eigenvalue weighted by Crippen LogP contribution is 2.38. The average molecular weight is 178 g/mol. The van der Waals surface area contributed by atoms with Crippen LogP contribution in [0.25, 0.3) is 0 Å². The van der Waals surface area contributed by atoms with Crippen LogP contribution in [0.5, 0.6) is 0 Å². The largest absolute Gasteiger partial charge is 0.367 e. The molecule has 0 saturated heterocycles. The second-order valence-corrected chi connectivity index (χ2v) is 4.63. The molecule has 13 heavy (non-hydrogen) atoms. The molecule has 72 valence electrons.